The van der Waals surface area contributed by atoms with Crippen LogP contribution in [0.25, 0.3) is 0 Å². The molecule has 3 N–H and O–H groups in total. The molecule has 3 aliphatic rings. The summed E-state index contributed by atoms with van der Waals surface area (Å²) in [5.41, 5.74) is 5.08. The highest BCUT2D eigenvalue weighted by Gasteiger charge is 2.36. The number of aromatic amines is 1. The topological polar surface area (TPSA) is 99.3 Å². The van der Waals surface area contributed by atoms with Crippen LogP contribution in [0.4, 0.5) is 5.69 Å². The molecule has 214 valence electrons. The van der Waals surface area contributed by atoms with Crippen LogP contribution in [0.3, 0.4) is 0 Å². The fourth-order valence-electron chi connectivity index (χ4n) is 6.21. The number of likely N-dealkylation sites (N-methyl/N-ethyl adjacent to an activating group) is 1. The number of nitrogens with zero attached hydrogens (tertiary/aromatic N) is 2. The first-order chi connectivity index (χ1) is 18.8. The maximum absolute atomic E-state index is 12.5. The Kier molecular flexibility index (Phi) is 8.93. The number of benzene rings is 1. The van der Waals surface area contributed by atoms with E-state index in [0.29, 0.717) is 24.3 Å². The summed E-state index contributed by atoms with van der Waals surface area (Å²) in [6.45, 7) is 14.2. The van der Waals surface area contributed by atoms with Crippen LogP contribution in [0, 0.1) is 20.8 Å². The summed E-state index contributed by atoms with van der Waals surface area (Å²) >= 11 is 0. The first-order valence-electron chi connectivity index (χ1n) is 14.4. The van der Waals surface area contributed by atoms with E-state index < -0.39 is 6.23 Å². The molecule has 2 saturated heterocycles. The van der Waals surface area contributed by atoms with Gasteiger partial charge in [-0.1, -0.05) is 0 Å². The number of anilines is 1. The van der Waals surface area contributed by atoms with Gasteiger partial charge in [-0.25, -0.2) is 0 Å². The van der Waals surface area contributed by atoms with Crippen LogP contribution in [0.1, 0.15) is 60.4 Å². The number of morpholine rings is 1. The molecular formula is C30H44N4O5. The van der Waals surface area contributed by atoms with Crippen molar-refractivity contribution in [3.05, 3.63) is 56.5 Å². The van der Waals surface area contributed by atoms with E-state index in [1.54, 1.807) is 0 Å². The van der Waals surface area contributed by atoms with Crippen molar-refractivity contribution in [1.82, 2.24) is 15.2 Å². The molecule has 2 aromatic rings. The molecule has 2 aliphatic heterocycles. The van der Waals surface area contributed by atoms with Gasteiger partial charge in [0.05, 0.1) is 25.9 Å². The zero-order valence-corrected chi connectivity index (χ0v) is 23.8. The number of rotatable bonds is 10. The van der Waals surface area contributed by atoms with Crippen molar-refractivity contribution >= 4 is 5.69 Å². The summed E-state index contributed by atoms with van der Waals surface area (Å²) in [5, 5.41) is 14.5. The predicted octanol–water partition coefficient (Wildman–Crippen LogP) is 2.94. The Morgan fingerprint density at radius 3 is 2.59 bits per heavy atom. The van der Waals surface area contributed by atoms with Crippen molar-refractivity contribution in [1.29, 1.82) is 0 Å². The zero-order valence-electron chi connectivity index (χ0n) is 23.8. The molecule has 0 spiro atoms. The quantitative estimate of drug-likeness (QED) is 0.396. The average molecular weight is 541 g/mol. The minimum Gasteiger partial charge on any atom is -0.490 e. The van der Waals surface area contributed by atoms with Gasteiger partial charge >= 0.3 is 0 Å². The molecule has 1 aromatic heterocycles. The lowest BCUT2D eigenvalue weighted by atomic mass is 9.87. The number of aryl methyl sites for hydroxylation is 2. The first kappa shape index (κ1) is 28.1. The maximum atomic E-state index is 12.5. The second-order valence-corrected chi connectivity index (χ2v) is 11.2. The fraction of sp³-hybridized carbons (Fsp3) is 0.633. The highest BCUT2D eigenvalue weighted by Crippen LogP contribution is 2.37. The monoisotopic (exact) mass is 540 g/mol. The molecule has 5 rings (SSSR count). The lowest BCUT2D eigenvalue weighted by Gasteiger charge is -2.44. The van der Waals surface area contributed by atoms with Gasteiger partial charge in [-0.05, 0) is 57.4 Å². The lowest BCUT2D eigenvalue weighted by Crippen LogP contribution is -2.52. The van der Waals surface area contributed by atoms with Gasteiger partial charge in [-0.15, -0.1) is 0 Å². The average Bonchev–Trinajstić information content (AvgIpc) is 3.42. The molecule has 3 heterocycles. The van der Waals surface area contributed by atoms with Gasteiger partial charge in [-0.2, -0.15) is 0 Å². The molecule has 1 aliphatic carbocycles. The minimum atomic E-state index is -0.951. The van der Waals surface area contributed by atoms with E-state index in [1.165, 1.54) is 0 Å². The van der Waals surface area contributed by atoms with Crippen molar-refractivity contribution < 1.29 is 19.3 Å². The highest BCUT2D eigenvalue weighted by atomic mass is 16.5. The Bertz CT molecular complexity index is 1180. The number of aromatic nitrogens is 1. The Morgan fingerprint density at radius 1 is 1.15 bits per heavy atom. The molecule has 1 aromatic carbocycles. The molecule has 0 amide bonds. The number of hydrogen-bond donors (Lipinski definition) is 3. The van der Waals surface area contributed by atoms with E-state index in [0.717, 1.165) is 92.5 Å². The van der Waals surface area contributed by atoms with Gasteiger partial charge in [0, 0.05) is 80.2 Å². The SMILES string of the molecule is CCN(c1cc(O[C@H]2C[C@H](N3CCOCC3)C2)cc(C(O)NCc2c(C)cc(C)[nH]c2=O)c1C)C1CCOC1. The largest absolute Gasteiger partial charge is 0.490 e. The third kappa shape index (κ3) is 6.33. The molecule has 2 unspecified atom stereocenters. The summed E-state index contributed by atoms with van der Waals surface area (Å²) in [6, 6.07) is 6.89. The fourth-order valence-corrected chi connectivity index (χ4v) is 6.21. The highest BCUT2D eigenvalue weighted by molar-refractivity contribution is 5.61. The third-order valence-corrected chi connectivity index (χ3v) is 8.59. The Morgan fingerprint density at radius 2 is 1.92 bits per heavy atom. The molecule has 9 nitrogen and oxygen atoms in total. The van der Waals surface area contributed by atoms with E-state index in [1.807, 2.05) is 26.0 Å². The van der Waals surface area contributed by atoms with Gasteiger partial charge in [-0.3, -0.25) is 15.0 Å². The molecule has 0 radical (unpaired) electrons. The zero-order chi connectivity index (χ0) is 27.5. The van der Waals surface area contributed by atoms with E-state index in [9.17, 15) is 9.90 Å². The van der Waals surface area contributed by atoms with Crippen LogP contribution < -0.4 is 20.5 Å². The second-order valence-electron chi connectivity index (χ2n) is 11.2. The summed E-state index contributed by atoms with van der Waals surface area (Å²) < 4.78 is 17.7. The van der Waals surface area contributed by atoms with Crippen LogP contribution in [-0.4, -0.2) is 79.2 Å². The van der Waals surface area contributed by atoms with E-state index in [4.69, 9.17) is 14.2 Å². The smallest absolute Gasteiger partial charge is 0.252 e. The summed E-state index contributed by atoms with van der Waals surface area (Å²) in [4.78, 5) is 20.3. The van der Waals surface area contributed by atoms with E-state index >= 15 is 0 Å². The standard InChI is InChI=1S/C30H44N4O5/c1-5-34(22-6-9-38-18-22)28-16-25(39-24-13-23(14-24)33-7-10-37-11-8-33)15-26(21(28)4)29(35)31-17-27-19(2)12-20(3)32-30(27)36/h12,15-16,22-24,29,31,35H,5-11,13-14,17-18H2,1-4H3,(H,32,36)/t22?,23-,24-,29?. The third-order valence-electron chi connectivity index (χ3n) is 8.59. The summed E-state index contributed by atoms with van der Waals surface area (Å²) in [5.74, 6) is 0.776. The lowest BCUT2D eigenvalue weighted by molar-refractivity contribution is -0.0374. The van der Waals surface area contributed by atoms with Crippen molar-refractivity contribution in [3.63, 3.8) is 0 Å². The number of aliphatic hydroxyl groups excluding tert-OH is 1. The molecule has 9 heteroatoms. The Labute approximate surface area is 231 Å². The van der Waals surface area contributed by atoms with Crippen LogP contribution in [0.5, 0.6) is 5.75 Å². The van der Waals surface area contributed by atoms with Crippen molar-refractivity contribution in [2.45, 2.75) is 77.9 Å². The predicted molar refractivity (Wildman–Crippen MR) is 152 cm³/mol. The van der Waals surface area contributed by atoms with Gasteiger partial charge in [0.25, 0.3) is 5.56 Å². The Hall–Kier alpha value is -2.43. The van der Waals surface area contributed by atoms with Gasteiger partial charge in [0.2, 0.25) is 0 Å². The summed E-state index contributed by atoms with van der Waals surface area (Å²) in [7, 11) is 0. The van der Waals surface area contributed by atoms with Gasteiger partial charge in [0.15, 0.2) is 0 Å². The number of hydrogen-bond acceptors (Lipinski definition) is 8. The van der Waals surface area contributed by atoms with Gasteiger partial charge in [0.1, 0.15) is 18.1 Å². The minimum absolute atomic E-state index is 0.125. The van der Waals surface area contributed by atoms with Gasteiger partial charge < -0.3 is 29.2 Å². The molecule has 3 fully saturated rings. The number of ether oxygens (including phenoxy) is 3. The molecular weight excluding hydrogens is 496 g/mol. The van der Waals surface area contributed by atoms with E-state index in [-0.39, 0.29) is 18.2 Å². The molecule has 1 saturated carbocycles. The summed E-state index contributed by atoms with van der Waals surface area (Å²) in [6.07, 6.45) is 2.19. The number of H-pyrrole nitrogens is 1. The molecule has 39 heavy (non-hydrogen) atoms. The number of aliphatic hydroxyl groups is 1. The van der Waals surface area contributed by atoms with Crippen molar-refractivity contribution in [2.24, 2.45) is 0 Å². The van der Waals surface area contributed by atoms with Crippen LogP contribution in [0.15, 0.2) is 23.0 Å². The van der Waals surface area contributed by atoms with Crippen LogP contribution in [0.2, 0.25) is 0 Å². The second kappa shape index (κ2) is 12.4. The van der Waals surface area contributed by atoms with Crippen molar-refractivity contribution in [2.75, 3.05) is 51.0 Å². The van der Waals surface area contributed by atoms with Crippen LogP contribution >= 0.6 is 0 Å². The number of nitrogens with one attached hydrogen (secondary N) is 2. The maximum Gasteiger partial charge on any atom is 0.252 e. The van der Waals surface area contributed by atoms with E-state index in [2.05, 4.69) is 40.0 Å². The first-order valence-corrected chi connectivity index (χ1v) is 14.4. The number of pyridine rings is 1. The normalized spacial score (nSPS) is 24.4. The van der Waals surface area contributed by atoms with Crippen LogP contribution in [-0.2, 0) is 16.0 Å². The molecule has 2 atom stereocenters. The van der Waals surface area contributed by atoms with Crippen molar-refractivity contribution in [3.8, 4) is 5.75 Å². The Balaban J connectivity index is 1.36. The molecule has 0 bridgehead atoms.